The molecule has 0 heterocycles. The van der Waals surface area contributed by atoms with E-state index >= 15 is 0 Å². The molecule has 0 aliphatic rings. The van der Waals surface area contributed by atoms with Gasteiger partial charge in [-0.3, -0.25) is 4.99 Å². The number of carboxylic acid groups (broad SMARTS) is 1. The fourth-order valence-corrected chi connectivity index (χ4v) is 0.533. The number of rotatable bonds is 3. The molecule has 0 aromatic rings. The monoisotopic (exact) mass is 153 g/mol. The van der Waals surface area contributed by atoms with Crippen LogP contribution < -0.4 is 0 Å². The maximum Gasteiger partial charge on any atom is 0.335 e. The van der Waals surface area contributed by atoms with Gasteiger partial charge < -0.3 is 5.11 Å². The molecule has 0 unspecified atom stereocenters. The third-order valence-corrected chi connectivity index (χ3v) is 0.996. The molecule has 0 aliphatic heterocycles. The molecule has 0 rings (SSSR count). The average Bonchev–Trinajstić information content (AvgIpc) is 1.97. The number of carboxylic acids is 1. The van der Waals surface area contributed by atoms with Crippen LogP contribution >= 0.6 is 0 Å². The summed E-state index contributed by atoms with van der Waals surface area (Å²) < 4.78 is 0. The second-order valence-electron chi connectivity index (χ2n) is 1.83. The Balaban J connectivity index is 4.45. The lowest BCUT2D eigenvalue weighted by molar-refractivity contribution is -0.132. The summed E-state index contributed by atoms with van der Waals surface area (Å²) in [4.78, 5) is 14.1. The van der Waals surface area contributed by atoms with E-state index in [1.165, 1.54) is 18.4 Å². The molecule has 0 atom stereocenters. The zero-order valence-electron chi connectivity index (χ0n) is 6.61. The summed E-state index contributed by atoms with van der Waals surface area (Å²) in [5.74, 6) is -0.942. The number of hydrogen-bond donors (Lipinski definition) is 1. The van der Waals surface area contributed by atoms with Crippen LogP contribution in [0.25, 0.3) is 0 Å². The van der Waals surface area contributed by atoms with Crippen molar-refractivity contribution in [1.82, 2.24) is 0 Å². The van der Waals surface area contributed by atoms with Gasteiger partial charge >= 0.3 is 5.97 Å². The van der Waals surface area contributed by atoms with Gasteiger partial charge in [0.15, 0.2) is 0 Å². The maximum absolute atomic E-state index is 10.4. The van der Waals surface area contributed by atoms with Gasteiger partial charge in [-0.1, -0.05) is 12.2 Å². The lowest BCUT2D eigenvalue weighted by atomic mass is 10.2. The van der Waals surface area contributed by atoms with Gasteiger partial charge in [0.1, 0.15) is 0 Å². The smallest absolute Gasteiger partial charge is 0.335 e. The van der Waals surface area contributed by atoms with Gasteiger partial charge in [-0.2, -0.15) is 0 Å². The topological polar surface area (TPSA) is 49.7 Å². The minimum Gasteiger partial charge on any atom is -0.478 e. The number of hydrogen-bond acceptors (Lipinski definition) is 2. The Hall–Kier alpha value is -1.38. The normalized spacial score (nSPS) is 13.1. The molecule has 11 heavy (non-hydrogen) atoms. The predicted octanol–water partition coefficient (Wildman–Crippen LogP) is 1.27. The first-order valence-corrected chi connectivity index (χ1v) is 3.20. The van der Waals surface area contributed by atoms with Crippen molar-refractivity contribution in [2.45, 2.75) is 6.92 Å². The van der Waals surface area contributed by atoms with Gasteiger partial charge in [0.05, 0.1) is 5.57 Å². The summed E-state index contributed by atoms with van der Waals surface area (Å²) in [6.45, 7) is 1.76. The van der Waals surface area contributed by atoms with E-state index in [-0.39, 0.29) is 5.57 Å². The Labute approximate surface area is 65.8 Å². The zero-order valence-corrected chi connectivity index (χ0v) is 6.61. The minimum absolute atomic E-state index is 0.234. The molecular weight excluding hydrogens is 142 g/mol. The first-order chi connectivity index (χ1) is 5.22. The second kappa shape index (κ2) is 5.41. The molecule has 0 bridgehead atoms. The van der Waals surface area contributed by atoms with Crippen LogP contribution in [0, 0.1) is 0 Å². The van der Waals surface area contributed by atoms with Gasteiger partial charge in [0.25, 0.3) is 0 Å². The quantitative estimate of drug-likeness (QED) is 0.377. The number of aliphatic imine (C=N–C) groups is 1. The molecule has 0 spiro atoms. The molecule has 0 aliphatic carbocycles. The van der Waals surface area contributed by atoms with E-state index in [9.17, 15) is 4.79 Å². The Bertz CT molecular complexity index is 214. The van der Waals surface area contributed by atoms with Gasteiger partial charge in [-0.15, -0.1) is 0 Å². The van der Waals surface area contributed by atoms with Crippen molar-refractivity contribution in [3.63, 3.8) is 0 Å². The Kier molecular flexibility index (Phi) is 4.73. The number of nitrogens with zero attached hydrogens (tertiary/aromatic N) is 1. The first-order valence-electron chi connectivity index (χ1n) is 3.20. The molecule has 3 nitrogen and oxygen atoms in total. The van der Waals surface area contributed by atoms with Crippen LogP contribution in [0.1, 0.15) is 6.92 Å². The average molecular weight is 153 g/mol. The molecule has 0 aromatic carbocycles. The van der Waals surface area contributed by atoms with Gasteiger partial charge in [0, 0.05) is 13.3 Å². The highest BCUT2D eigenvalue weighted by Crippen LogP contribution is 1.94. The van der Waals surface area contributed by atoms with Crippen LogP contribution in [0.3, 0.4) is 0 Å². The van der Waals surface area contributed by atoms with E-state index in [4.69, 9.17) is 5.11 Å². The van der Waals surface area contributed by atoms with E-state index in [1.807, 2.05) is 0 Å². The third kappa shape index (κ3) is 4.08. The van der Waals surface area contributed by atoms with Crippen molar-refractivity contribution < 1.29 is 9.90 Å². The highest BCUT2D eigenvalue weighted by atomic mass is 16.4. The van der Waals surface area contributed by atoms with Crippen LogP contribution in [-0.4, -0.2) is 24.3 Å². The molecule has 0 radical (unpaired) electrons. The molecule has 1 N–H and O–H groups in total. The van der Waals surface area contributed by atoms with Crippen molar-refractivity contribution in [3.8, 4) is 0 Å². The second-order valence-corrected chi connectivity index (χ2v) is 1.83. The van der Waals surface area contributed by atoms with Gasteiger partial charge in [-0.05, 0) is 13.0 Å². The molecule has 0 amide bonds. The zero-order chi connectivity index (χ0) is 8.69. The molecular formula is C8H11NO2. The van der Waals surface area contributed by atoms with Gasteiger partial charge in [0.2, 0.25) is 0 Å². The summed E-state index contributed by atoms with van der Waals surface area (Å²) in [6.07, 6.45) is 6.08. The lowest BCUT2D eigenvalue weighted by Gasteiger charge is -1.89. The summed E-state index contributed by atoms with van der Waals surface area (Å²) in [5.41, 5.74) is 0.234. The molecule has 60 valence electrons. The van der Waals surface area contributed by atoms with Gasteiger partial charge in [-0.25, -0.2) is 4.79 Å². The molecule has 0 fully saturated rings. The molecule has 0 saturated carbocycles. The van der Waals surface area contributed by atoms with Crippen LogP contribution in [0.2, 0.25) is 0 Å². The molecule has 0 aromatic heterocycles. The van der Waals surface area contributed by atoms with Crippen LogP contribution in [-0.2, 0) is 4.79 Å². The minimum atomic E-state index is -0.942. The third-order valence-electron chi connectivity index (χ3n) is 0.996. The van der Waals surface area contributed by atoms with Crippen LogP contribution in [0.15, 0.2) is 28.8 Å². The molecule has 3 heteroatoms. The van der Waals surface area contributed by atoms with Crippen molar-refractivity contribution in [2.75, 3.05) is 7.05 Å². The fraction of sp³-hybridized carbons (Fsp3) is 0.250. The van der Waals surface area contributed by atoms with E-state index in [0.717, 1.165) is 0 Å². The summed E-state index contributed by atoms with van der Waals surface area (Å²) in [5, 5.41) is 8.55. The highest BCUT2D eigenvalue weighted by Gasteiger charge is 1.99. The number of allylic oxidation sites excluding steroid dienone is 2. The van der Waals surface area contributed by atoms with E-state index in [2.05, 4.69) is 4.99 Å². The van der Waals surface area contributed by atoms with Crippen molar-refractivity contribution in [1.29, 1.82) is 0 Å². The summed E-state index contributed by atoms with van der Waals surface area (Å²) in [6, 6.07) is 0. The largest absolute Gasteiger partial charge is 0.478 e. The van der Waals surface area contributed by atoms with Crippen molar-refractivity contribution >= 4 is 12.2 Å². The van der Waals surface area contributed by atoms with Crippen LogP contribution in [0.4, 0.5) is 0 Å². The standard InChI is InChI=1S/C8H11NO2/c1-3-4-7(8(10)11)5-6-9-2/h3-6H,1-2H3,(H,10,11)/b4-3-,7-5+,9-6?. The Morgan fingerprint density at radius 1 is 1.55 bits per heavy atom. The highest BCUT2D eigenvalue weighted by molar-refractivity contribution is 5.94. The Morgan fingerprint density at radius 2 is 2.18 bits per heavy atom. The summed E-state index contributed by atoms with van der Waals surface area (Å²) >= 11 is 0. The lowest BCUT2D eigenvalue weighted by Crippen LogP contribution is -1.97. The predicted molar refractivity (Wildman–Crippen MR) is 44.9 cm³/mol. The first kappa shape index (κ1) is 9.62. The van der Waals surface area contributed by atoms with E-state index < -0.39 is 5.97 Å². The SMILES string of the molecule is C/C=C\C(=C/C=NC)C(=O)O. The van der Waals surface area contributed by atoms with Crippen molar-refractivity contribution in [2.24, 2.45) is 4.99 Å². The number of aliphatic carboxylic acids is 1. The maximum atomic E-state index is 10.4. The number of carbonyl (C=O) groups is 1. The van der Waals surface area contributed by atoms with Crippen LogP contribution in [0.5, 0.6) is 0 Å². The van der Waals surface area contributed by atoms with E-state index in [1.54, 1.807) is 20.0 Å². The molecule has 0 saturated heterocycles. The summed E-state index contributed by atoms with van der Waals surface area (Å²) in [7, 11) is 1.59. The Morgan fingerprint density at radius 3 is 2.55 bits per heavy atom. The van der Waals surface area contributed by atoms with E-state index in [0.29, 0.717) is 0 Å². The fourth-order valence-electron chi connectivity index (χ4n) is 0.533. The van der Waals surface area contributed by atoms with Crippen molar-refractivity contribution in [3.05, 3.63) is 23.8 Å².